The fourth-order valence-corrected chi connectivity index (χ4v) is 2.85. The highest BCUT2D eigenvalue weighted by Gasteiger charge is 2.05. The summed E-state index contributed by atoms with van der Waals surface area (Å²) in [6.07, 6.45) is 0. The van der Waals surface area contributed by atoms with Gasteiger partial charge in [0.15, 0.2) is 0 Å². The number of hydrogen-bond acceptors (Lipinski definition) is 10. The van der Waals surface area contributed by atoms with E-state index < -0.39 is 0 Å². The highest BCUT2D eigenvalue weighted by atomic mass is 32.1. The van der Waals surface area contributed by atoms with E-state index >= 15 is 0 Å². The molecule has 0 amide bonds. The van der Waals surface area contributed by atoms with Crippen LogP contribution in [0.4, 0.5) is 35.2 Å². The highest BCUT2D eigenvalue weighted by Crippen LogP contribution is 2.19. The molecule has 0 atom stereocenters. The highest BCUT2D eigenvalue weighted by molar-refractivity contribution is 7.71. The van der Waals surface area contributed by atoms with Crippen molar-refractivity contribution >= 4 is 59.6 Å². The Labute approximate surface area is 184 Å². The molecule has 12 heteroatoms. The minimum absolute atomic E-state index is 0.217. The van der Waals surface area contributed by atoms with Crippen molar-refractivity contribution in [3.8, 4) is 0 Å². The van der Waals surface area contributed by atoms with E-state index in [2.05, 4.69) is 51.2 Å². The van der Waals surface area contributed by atoms with E-state index in [4.69, 9.17) is 24.4 Å². The van der Waals surface area contributed by atoms with Crippen molar-refractivity contribution in [3.63, 3.8) is 0 Å². The van der Waals surface area contributed by atoms with Crippen molar-refractivity contribution in [2.75, 3.05) is 21.3 Å². The number of H-pyrrole nitrogens is 2. The van der Waals surface area contributed by atoms with Gasteiger partial charge in [0, 0.05) is 23.5 Å². The van der Waals surface area contributed by atoms with Crippen molar-refractivity contribution in [2.24, 2.45) is 0 Å². The summed E-state index contributed by atoms with van der Waals surface area (Å²) in [4.78, 5) is 22.9. The van der Waals surface area contributed by atoms with Crippen LogP contribution in [0.1, 0.15) is 27.7 Å². The molecule has 1 aromatic carbocycles. The zero-order chi connectivity index (χ0) is 21.7. The zero-order valence-corrected chi connectivity index (χ0v) is 18.7. The molecule has 0 saturated carbocycles. The van der Waals surface area contributed by atoms with Gasteiger partial charge in [-0.15, -0.1) is 0 Å². The van der Waals surface area contributed by atoms with Gasteiger partial charge in [0.2, 0.25) is 33.3 Å². The number of hydrogen-bond donors (Lipinski definition) is 6. The molecular weight excluding hydrogens is 420 g/mol. The Hall–Kier alpha value is -3.12. The van der Waals surface area contributed by atoms with Crippen LogP contribution in [0.3, 0.4) is 0 Å². The number of nitrogens with one attached hydrogen (secondary N) is 6. The van der Waals surface area contributed by atoms with Gasteiger partial charge < -0.3 is 21.3 Å². The molecule has 0 radical (unpaired) electrons. The maximum Gasteiger partial charge on any atom is 0.225 e. The third-order valence-electron chi connectivity index (χ3n) is 3.56. The third-order valence-corrected chi connectivity index (χ3v) is 3.93. The van der Waals surface area contributed by atoms with Crippen LogP contribution in [0.2, 0.25) is 0 Å². The first-order valence-electron chi connectivity index (χ1n) is 9.41. The third kappa shape index (κ3) is 6.46. The molecule has 2 aromatic heterocycles. The monoisotopic (exact) mass is 444 g/mol. The van der Waals surface area contributed by atoms with E-state index in [0.29, 0.717) is 23.8 Å². The summed E-state index contributed by atoms with van der Waals surface area (Å²) in [6.45, 7) is 8.07. The summed E-state index contributed by atoms with van der Waals surface area (Å²) < 4.78 is 0.505. The number of aromatic nitrogens is 6. The van der Waals surface area contributed by atoms with Crippen LogP contribution in [0.15, 0.2) is 24.3 Å². The van der Waals surface area contributed by atoms with Crippen molar-refractivity contribution in [1.82, 2.24) is 29.9 Å². The average molecular weight is 445 g/mol. The molecule has 0 aliphatic heterocycles. The summed E-state index contributed by atoms with van der Waals surface area (Å²) in [6, 6.07) is 8.04. The molecule has 0 aliphatic rings. The molecule has 0 spiro atoms. The molecule has 3 rings (SSSR count). The second kappa shape index (κ2) is 9.59. The predicted molar refractivity (Wildman–Crippen MR) is 125 cm³/mol. The summed E-state index contributed by atoms with van der Waals surface area (Å²) in [5.41, 5.74) is 1.66. The Balaban J connectivity index is 1.72. The molecule has 0 saturated heterocycles. The Morgan fingerprint density at radius 1 is 0.633 bits per heavy atom. The predicted octanol–water partition coefficient (Wildman–Crippen LogP) is 4.51. The first-order chi connectivity index (χ1) is 14.3. The summed E-state index contributed by atoms with van der Waals surface area (Å²) in [5, 5.41) is 12.7. The topological polar surface area (TPSA) is 131 Å². The Morgan fingerprint density at radius 2 is 0.967 bits per heavy atom. The van der Waals surface area contributed by atoms with E-state index in [1.807, 2.05) is 52.0 Å². The van der Waals surface area contributed by atoms with Crippen LogP contribution in [-0.2, 0) is 0 Å². The van der Waals surface area contributed by atoms with Gasteiger partial charge in [-0.3, -0.25) is 9.97 Å². The minimum Gasteiger partial charge on any atom is -0.353 e. The van der Waals surface area contributed by atoms with Crippen LogP contribution in [0.25, 0.3) is 0 Å². The number of nitrogens with zero attached hydrogens (tertiary/aromatic N) is 4. The SMILES string of the molecule is CC(C)Nc1nc(=S)nc(Nc2ccc(Nc3nc(=S)nc(NC(C)C)[nH]3)cc2)[nH]1. The van der Waals surface area contributed by atoms with Gasteiger partial charge in [-0.25, -0.2) is 0 Å². The molecule has 30 heavy (non-hydrogen) atoms. The standard InChI is InChI=1S/C18H24N10S2/c1-9(2)19-13-23-15(27-17(29)25-13)21-11-5-7-12(8-6-11)22-16-24-14(20-10(3)4)26-18(30)28-16/h5-10H,1-4H3,(H3,19,21,23,25,27,29)(H3,20,22,24,26,28,30). The van der Waals surface area contributed by atoms with Crippen molar-refractivity contribution in [1.29, 1.82) is 0 Å². The van der Waals surface area contributed by atoms with Crippen LogP contribution < -0.4 is 21.3 Å². The quantitative estimate of drug-likeness (QED) is 0.276. The molecule has 0 bridgehead atoms. The number of aromatic amines is 2. The van der Waals surface area contributed by atoms with Crippen LogP contribution in [0, 0.1) is 9.54 Å². The van der Waals surface area contributed by atoms with Gasteiger partial charge in [-0.05, 0) is 76.4 Å². The van der Waals surface area contributed by atoms with Gasteiger partial charge >= 0.3 is 0 Å². The Morgan fingerprint density at radius 3 is 1.30 bits per heavy atom. The second-order valence-corrected chi connectivity index (χ2v) is 7.81. The molecule has 3 aromatic rings. The van der Waals surface area contributed by atoms with E-state index in [-0.39, 0.29) is 21.6 Å². The van der Waals surface area contributed by atoms with E-state index in [1.54, 1.807) is 0 Å². The molecule has 0 unspecified atom stereocenters. The van der Waals surface area contributed by atoms with Gasteiger partial charge in [-0.2, -0.15) is 19.9 Å². The number of rotatable bonds is 8. The molecule has 6 N–H and O–H groups in total. The van der Waals surface area contributed by atoms with Crippen LogP contribution >= 0.6 is 24.4 Å². The smallest absolute Gasteiger partial charge is 0.225 e. The minimum atomic E-state index is 0.217. The Kier molecular flexibility index (Phi) is 6.90. The van der Waals surface area contributed by atoms with Crippen molar-refractivity contribution in [2.45, 2.75) is 39.8 Å². The van der Waals surface area contributed by atoms with Gasteiger partial charge in [0.05, 0.1) is 0 Å². The number of anilines is 6. The first kappa shape index (κ1) is 21.6. The summed E-state index contributed by atoms with van der Waals surface area (Å²) in [7, 11) is 0. The summed E-state index contributed by atoms with van der Waals surface area (Å²) in [5.74, 6) is 2.14. The largest absolute Gasteiger partial charge is 0.353 e. The fraction of sp³-hybridized carbons (Fsp3) is 0.333. The second-order valence-electron chi connectivity index (χ2n) is 7.08. The fourth-order valence-electron chi connectivity index (χ4n) is 2.48. The lowest BCUT2D eigenvalue weighted by Crippen LogP contribution is -2.14. The lowest BCUT2D eigenvalue weighted by molar-refractivity contribution is 0.864. The Bertz CT molecular complexity index is 1020. The van der Waals surface area contributed by atoms with Crippen molar-refractivity contribution < 1.29 is 0 Å². The summed E-state index contributed by atoms with van der Waals surface area (Å²) >= 11 is 10.3. The van der Waals surface area contributed by atoms with Gasteiger partial charge in [-0.1, -0.05) is 0 Å². The van der Waals surface area contributed by atoms with Gasteiger partial charge in [0.25, 0.3) is 0 Å². The van der Waals surface area contributed by atoms with E-state index in [9.17, 15) is 0 Å². The zero-order valence-electron chi connectivity index (χ0n) is 17.1. The van der Waals surface area contributed by atoms with Crippen LogP contribution in [-0.4, -0.2) is 42.0 Å². The molecule has 158 valence electrons. The van der Waals surface area contributed by atoms with Gasteiger partial charge in [0.1, 0.15) is 0 Å². The molecule has 2 heterocycles. The van der Waals surface area contributed by atoms with E-state index in [1.165, 1.54) is 0 Å². The maximum atomic E-state index is 5.14. The van der Waals surface area contributed by atoms with Crippen molar-refractivity contribution in [3.05, 3.63) is 33.8 Å². The average Bonchev–Trinajstić information content (AvgIpc) is 2.61. The molecule has 0 aliphatic carbocycles. The first-order valence-corrected chi connectivity index (χ1v) is 10.2. The maximum absolute atomic E-state index is 5.14. The van der Waals surface area contributed by atoms with Crippen LogP contribution in [0.5, 0.6) is 0 Å². The molecule has 10 nitrogen and oxygen atoms in total. The lowest BCUT2D eigenvalue weighted by atomic mass is 10.3. The number of benzene rings is 1. The normalized spacial score (nSPS) is 10.9. The molecule has 0 fully saturated rings. The lowest BCUT2D eigenvalue weighted by Gasteiger charge is -2.12. The van der Waals surface area contributed by atoms with E-state index in [0.717, 1.165) is 11.4 Å². The molecular formula is C18H24N10S2.